The van der Waals surface area contributed by atoms with Gasteiger partial charge in [-0.1, -0.05) is 0 Å². The Kier molecular flexibility index (Phi) is 2.42. The first-order valence-corrected chi connectivity index (χ1v) is 4.77. The van der Waals surface area contributed by atoms with E-state index >= 15 is 0 Å². The highest BCUT2D eigenvalue weighted by molar-refractivity contribution is 5.30. The lowest BCUT2D eigenvalue weighted by atomic mass is 9.99. The number of aromatic nitrogens is 1. The number of halogens is 3. The first kappa shape index (κ1) is 10.4. The minimum absolute atomic E-state index is 0.167. The third kappa shape index (κ3) is 2.12. The lowest BCUT2D eigenvalue weighted by Crippen LogP contribution is -2.19. The molecular weight excluding hydrogens is 205 g/mol. The Hall–Kier alpha value is -1.10. The Balaban J connectivity index is 2.37. The molecule has 0 radical (unpaired) electrons. The molecule has 1 aliphatic rings. The summed E-state index contributed by atoms with van der Waals surface area (Å²) in [5, 5.41) is 0. The second kappa shape index (κ2) is 3.48. The SMILES string of the molecule is NC(c1ccncc1C(F)(F)F)C1CC1. The maximum Gasteiger partial charge on any atom is 0.418 e. The van der Waals surface area contributed by atoms with E-state index in [2.05, 4.69) is 4.98 Å². The Morgan fingerprint density at radius 2 is 2.07 bits per heavy atom. The molecule has 1 aromatic heterocycles. The third-order valence-corrected chi connectivity index (χ3v) is 2.65. The Labute approximate surface area is 85.3 Å². The molecule has 5 heteroatoms. The number of hydrogen-bond acceptors (Lipinski definition) is 2. The molecule has 2 nitrogen and oxygen atoms in total. The standard InChI is InChI=1S/C10H11F3N2/c11-10(12,13)8-5-15-4-3-7(8)9(14)6-1-2-6/h3-6,9H,1-2,14H2. The molecule has 0 bridgehead atoms. The Morgan fingerprint density at radius 1 is 1.40 bits per heavy atom. The number of alkyl halides is 3. The van der Waals surface area contributed by atoms with Gasteiger partial charge in [0.15, 0.2) is 0 Å². The van der Waals surface area contributed by atoms with Crippen molar-refractivity contribution in [2.45, 2.75) is 25.1 Å². The molecule has 0 aliphatic heterocycles. The van der Waals surface area contributed by atoms with Gasteiger partial charge in [-0.25, -0.2) is 0 Å². The summed E-state index contributed by atoms with van der Waals surface area (Å²) in [6.45, 7) is 0. The van der Waals surface area contributed by atoms with Crippen LogP contribution in [-0.4, -0.2) is 4.98 Å². The van der Waals surface area contributed by atoms with Gasteiger partial charge in [0, 0.05) is 18.4 Å². The van der Waals surface area contributed by atoms with Gasteiger partial charge in [0.25, 0.3) is 0 Å². The lowest BCUT2D eigenvalue weighted by Gasteiger charge is -2.17. The van der Waals surface area contributed by atoms with Gasteiger partial charge < -0.3 is 5.73 Å². The van der Waals surface area contributed by atoms with E-state index in [0.717, 1.165) is 19.0 Å². The van der Waals surface area contributed by atoms with Gasteiger partial charge in [0.1, 0.15) is 0 Å². The predicted octanol–water partition coefficient (Wildman–Crippen LogP) is 2.51. The van der Waals surface area contributed by atoms with Gasteiger partial charge >= 0.3 is 6.18 Å². The second-order valence-electron chi connectivity index (χ2n) is 3.82. The van der Waals surface area contributed by atoms with Crippen molar-refractivity contribution in [3.8, 4) is 0 Å². The summed E-state index contributed by atoms with van der Waals surface area (Å²) >= 11 is 0. The Bertz CT molecular complexity index is 358. The number of pyridine rings is 1. The number of rotatable bonds is 2. The van der Waals surface area contributed by atoms with E-state index in [1.165, 1.54) is 12.3 Å². The number of nitrogens with two attached hydrogens (primary N) is 1. The molecule has 1 aromatic rings. The molecule has 15 heavy (non-hydrogen) atoms. The van der Waals surface area contributed by atoms with Crippen LogP contribution in [0.2, 0.25) is 0 Å². The van der Waals surface area contributed by atoms with Crippen LogP contribution in [0.1, 0.15) is 30.0 Å². The fraction of sp³-hybridized carbons (Fsp3) is 0.500. The van der Waals surface area contributed by atoms with Gasteiger partial charge in [-0.05, 0) is 30.4 Å². The summed E-state index contributed by atoms with van der Waals surface area (Å²) in [6.07, 6.45) is -0.331. The maximum absolute atomic E-state index is 12.6. The van der Waals surface area contributed by atoms with Crippen molar-refractivity contribution in [3.63, 3.8) is 0 Å². The fourth-order valence-corrected chi connectivity index (χ4v) is 1.64. The van der Waals surface area contributed by atoms with Crippen LogP contribution >= 0.6 is 0 Å². The summed E-state index contributed by atoms with van der Waals surface area (Å²) in [5.41, 5.74) is 5.23. The van der Waals surface area contributed by atoms with Crippen LogP contribution in [-0.2, 0) is 6.18 Å². The van der Waals surface area contributed by atoms with Crippen LogP contribution in [0.5, 0.6) is 0 Å². The van der Waals surface area contributed by atoms with Crippen molar-refractivity contribution in [3.05, 3.63) is 29.6 Å². The summed E-state index contributed by atoms with van der Waals surface area (Å²) < 4.78 is 37.8. The zero-order valence-corrected chi connectivity index (χ0v) is 7.96. The van der Waals surface area contributed by atoms with Crippen molar-refractivity contribution in [2.75, 3.05) is 0 Å². The fourth-order valence-electron chi connectivity index (χ4n) is 1.64. The molecule has 0 aromatic carbocycles. The van der Waals surface area contributed by atoms with E-state index in [4.69, 9.17) is 5.73 Å². The average molecular weight is 216 g/mol. The molecular formula is C10H11F3N2. The smallest absolute Gasteiger partial charge is 0.324 e. The molecule has 0 spiro atoms. The van der Waals surface area contributed by atoms with Crippen LogP contribution in [0.4, 0.5) is 13.2 Å². The molecule has 1 heterocycles. The largest absolute Gasteiger partial charge is 0.418 e. The summed E-state index contributed by atoms with van der Waals surface area (Å²) in [5.74, 6) is 0.202. The maximum atomic E-state index is 12.6. The minimum atomic E-state index is -4.36. The van der Waals surface area contributed by atoms with Gasteiger partial charge in [-0.3, -0.25) is 4.98 Å². The monoisotopic (exact) mass is 216 g/mol. The topological polar surface area (TPSA) is 38.9 Å². The molecule has 82 valence electrons. The molecule has 1 atom stereocenters. The first-order valence-electron chi connectivity index (χ1n) is 4.77. The summed E-state index contributed by atoms with van der Waals surface area (Å²) in [4.78, 5) is 3.50. The summed E-state index contributed by atoms with van der Waals surface area (Å²) in [7, 11) is 0. The van der Waals surface area contributed by atoms with Gasteiger partial charge in [0.2, 0.25) is 0 Å². The highest BCUT2D eigenvalue weighted by Crippen LogP contribution is 2.43. The molecule has 1 unspecified atom stereocenters. The van der Waals surface area contributed by atoms with Crippen molar-refractivity contribution < 1.29 is 13.2 Å². The van der Waals surface area contributed by atoms with E-state index in [1.54, 1.807) is 0 Å². The van der Waals surface area contributed by atoms with Crippen LogP contribution in [0, 0.1) is 5.92 Å². The van der Waals surface area contributed by atoms with Crippen LogP contribution < -0.4 is 5.73 Å². The quantitative estimate of drug-likeness (QED) is 0.824. The van der Waals surface area contributed by atoms with Gasteiger partial charge in [0.05, 0.1) is 5.56 Å². The lowest BCUT2D eigenvalue weighted by molar-refractivity contribution is -0.138. The van der Waals surface area contributed by atoms with E-state index in [0.29, 0.717) is 0 Å². The zero-order valence-electron chi connectivity index (χ0n) is 7.96. The van der Waals surface area contributed by atoms with E-state index in [1.807, 2.05) is 0 Å². The highest BCUT2D eigenvalue weighted by Gasteiger charge is 2.38. The predicted molar refractivity (Wildman–Crippen MR) is 48.9 cm³/mol. The van der Waals surface area contributed by atoms with Gasteiger partial charge in [-0.15, -0.1) is 0 Å². The summed E-state index contributed by atoms with van der Waals surface area (Å²) in [6, 6.07) is 0.857. The van der Waals surface area contributed by atoms with Crippen molar-refractivity contribution >= 4 is 0 Å². The molecule has 0 amide bonds. The zero-order chi connectivity index (χ0) is 11.1. The van der Waals surface area contributed by atoms with E-state index in [9.17, 15) is 13.2 Å². The Morgan fingerprint density at radius 3 is 2.60 bits per heavy atom. The molecule has 1 aliphatic carbocycles. The van der Waals surface area contributed by atoms with Crippen LogP contribution in [0.25, 0.3) is 0 Å². The molecule has 2 rings (SSSR count). The molecule has 1 fully saturated rings. The number of nitrogens with zero attached hydrogens (tertiary/aromatic N) is 1. The molecule has 1 saturated carbocycles. The van der Waals surface area contributed by atoms with Crippen molar-refractivity contribution in [2.24, 2.45) is 11.7 Å². The second-order valence-corrected chi connectivity index (χ2v) is 3.82. The van der Waals surface area contributed by atoms with E-state index < -0.39 is 17.8 Å². The van der Waals surface area contributed by atoms with Crippen molar-refractivity contribution in [1.82, 2.24) is 4.98 Å². The highest BCUT2D eigenvalue weighted by atomic mass is 19.4. The first-order chi connectivity index (χ1) is 7.00. The number of hydrogen-bond donors (Lipinski definition) is 1. The van der Waals surface area contributed by atoms with Crippen LogP contribution in [0.15, 0.2) is 18.5 Å². The molecule has 2 N–H and O–H groups in total. The van der Waals surface area contributed by atoms with Gasteiger partial charge in [-0.2, -0.15) is 13.2 Å². The van der Waals surface area contributed by atoms with E-state index in [-0.39, 0.29) is 11.5 Å². The average Bonchev–Trinajstić information content (AvgIpc) is 2.98. The normalized spacial score (nSPS) is 18.9. The van der Waals surface area contributed by atoms with Crippen LogP contribution in [0.3, 0.4) is 0 Å². The minimum Gasteiger partial charge on any atom is -0.324 e. The van der Waals surface area contributed by atoms with Crippen molar-refractivity contribution in [1.29, 1.82) is 0 Å². The third-order valence-electron chi connectivity index (χ3n) is 2.65. The molecule has 0 saturated heterocycles.